The summed E-state index contributed by atoms with van der Waals surface area (Å²) in [5.74, 6) is -4.40. The van der Waals surface area contributed by atoms with E-state index in [0.29, 0.717) is 17.5 Å². The second kappa shape index (κ2) is 10.9. The molecule has 0 spiro atoms. The fourth-order valence-electron chi connectivity index (χ4n) is 2.32. The van der Waals surface area contributed by atoms with Gasteiger partial charge >= 0.3 is 0 Å². The summed E-state index contributed by atoms with van der Waals surface area (Å²) in [4.78, 5) is 25.5. The van der Waals surface area contributed by atoms with Gasteiger partial charge in [-0.15, -0.1) is 0 Å². The number of nitrogens with zero attached hydrogens (tertiary/aromatic N) is 1. The molecular weight excluding hydrogens is 392 g/mol. The molecule has 1 amide bonds. The standard InChI is InChI=1S/C19H17F3N2O2.CHFO/c20-14-8-9-15(21)18(22)17(14)19(24-26-11-13-6-7-13)23-16(25)10-12-4-2-1-3-5-12;2-1-3/h1-5,8-9,13H,6-7,10-11H2,(H,23,24,25);1H. The monoisotopic (exact) mass is 410 g/mol. The van der Waals surface area contributed by atoms with Crippen LogP contribution < -0.4 is 5.32 Å². The molecule has 154 valence electrons. The van der Waals surface area contributed by atoms with Gasteiger partial charge in [0.15, 0.2) is 17.5 Å². The van der Waals surface area contributed by atoms with Gasteiger partial charge in [0.1, 0.15) is 12.4 Å². The van der Waals surface area contributed by atoms with E-state index in [-0.39, 0.29) is 13.0 Å². The molecule has 3 rings (SSSR count). The van der Waals surface area contributed by atoms with Gasteiger partial charge < -0.3 is 10.2 Å². The Morgan fingerprint density at radius 2 is 1.72 bits per heavy atom. The highest BCUT2D eigenvalue weighted by atomic mass is 19.2. The minimum atomic E-state index is -1.43. The Kier molecular flexibility index (Phi) is 8.32. The van der Waals surface area contributed by atoms with E-state index < -0.39 is 41.3 Å². The molecule has 5 nitrogen and oxygen atoms in total. The first-order valence-corrected chi connectivity index (χ1v) is 8.67. The molecule has 0 atom stereocenters. The molecule has 0 unspecified atom stereocenters. The highest BCUT2D eigenvalue weighted by molar-refractivity contribution is 6.08. The molecule has 0 aliphatic heterocycles. The van der Waals surface area contributed by atoms with Crippen LogP contribution in [0.4, 0.5) is 17.6 Å². The highest BCUT2D eigenvalue weighted by Crippen LogP contribution is 2.29. The molecule has 9 heteroatoms. The largest absolute Gasteiger partial charge is 0.394 e. The van der Waals surface area contributed by atoms with Crippen LogP contribution in [0.2, 0.25) is 0 Å². The van der Waals surface area contributed by atoms with Crippen molar-refractivity contribution >= 4 is 18.3 Å². The average Bonchev–Trinajstić information content (AvgIpc) is 3.51. The number of amidine groups is 1. The number of hydrogen-bond acceptors (Lipinski definition) is 4. The molecule has 2 aromatic carbocycles. The van der Waals surface area contributed by atoms with Crippen LogP contribution >= 0.6 is 0 Å². The maximum Gasteiger partial charge on any atom is 0.289 e. The Hall–Kier alpha value is -3.23. The lowest BCUT2D eigenvalue weighted by atomic mass is 10.1. The van der Waals surface area contributed by atoms with Gasteiger partial charge in [-0.3, -0.25) is 9.59 Å². The minimum absolute atomic E-state index is 0.0267. The lowest BCUT2D eigenvalue weighted by Crippen LogP contribution is -2.34. The van der Waals surface area contributed by atoms with Gasteiger partial charge in [0, 0.05) is 0 Å². The molecule has 29 heavy (non-hydrogen) atoms. The lowest BCUT2D eigenvalue weighted by molar-refractivity contribution is -0.119. The molecule has 0 saturated heterocycles. The van der Waals surface area contributed by atoms with Crippen LogP contribution in [0.25, 0.3) is 0 Å². The van der Waals surface area contributed by atoms with Crippen molar-refractivity contribution in [2.24, 2.45) is 11.1 Å². The molecule has 0 bridgehead atoms. The van der Waals surface area contributed by atoms with Crippen LogP contribution in [0.15, 0.2) is 47.6 Å². The van der Waals surface area contributed by atoms with E-state index >= 15 is 0 Å². The third kappa shape index (κ3) is 7.02. The Labute approximate surface area is 164 Å². The fourth-order valence-corrected chi connectivity index (χ4v) is 2.32. The summed E-state index contributed by atoms with van der Waals surface area (Å²) in [7, 11) is 0. The van der Waals surface area contributed by atoms with E-state index in [2.05, 4.69) is 10.5 Å². The normalized spacial score (nSPS) is 13.2. The van der Waals surface area contributed by atoms with E-state index in [0.717, 1.165) is 18.9 Å². The van der Waals surface area contributed by atoms with E-state index in [1.165, 1.54) is 0 Å². The summed E-state index contributed by atoms with van der Waals surface area (Å²) in [5.41, 5.74) is -0.0503. The predicted molar refractivity (Wildman–Crippen MR) is 97.7 cm³/mol. The number of oxime groups is 1. The molecule has 1 N–H and O–H groups in total. The SMILES string of the molecule is O=C(Cc1ccccc1)N/C(=N\OCC1CC1)c1c(F)ccc(F)c1F.O=CF. The number of carbonyl (C=O) groups excluding carboxylic acids is 2. The first-order valence-electron chi connectivity index (χ1n) is 8.67. The molecule has 0 heterocycles. The maximum atomic E-state index is 14.1. The zero-order valence-corrected chi connectivity index (χ0v) is 15.2. The van der Waals surface area contributed by atoms with Gasteiger partial charge in [-0.2, -0.15) is 4.39 Å². The Morgan fingerprint density at radius 3 is 2.34 bits per heavy atom. The van der Waals surface area contributed by atoms with Crippen LogP contribution in [0.5, 0.6) is 0 Å². The summed E-state index contributed by atoms with van der Waals surface area (Å²) >= 11 is 0. The number of nitrogens with one attached hydrogen (secondary N) is 1. The zero-order chi connectivity index (χ0) is 21.2. The average molecular weight is 410 g/mol. The van der Waals surface area contributed by atoms with Crippen LogP contribution in [-0.2, 0) is 20.8 Å². The molecule has 1 fully saturated rings. The van der Waals surface area contributed by atoms with Crippen molar-refractivity contribution < 1.29 is 32.0 Å². The minimum Gasteiger partial charge on any atom is -0.394 e. The topological polar surface area (TPSA) is 67.8 Å². The maximum absolute atomic E-state index is 14.1. The Balaban J connectivity index is 0.000000941. The second-order valence-electron chi connectivity index (χ2n) is 6.20. The number of carbonyl (C=O) groups is 2. The Bertz CT molecular complexity index is 872. The number of amides is 1. The van der Waals surface area contributed by atoms with Crippen molar-refractivity contribution in [2.75, 3.05) is 6.61 Å². The summed E-state index contributed by atoms with van der Waals surface area (Å²) < 4.78 is 51.3. The van der Waals surface area contributed by atoms with Gasteiger partial charge in [-0.05, 0) is 36.5 Å². The summed E-state index contributed by atoms with van der Waals surface area (Å²) in [6, 6.07) is 10.3. The lowest BCUT2D eigenvalue weighted by Gasteiger charge is -2.11. The van der Waals surface area contributed by atoms with E-state index in [1.807, 2.05) is 0 Å². The summed E-state index contributed by atoms with van der Waals surface area (Å²) in [5, 5.41) is 5.98. The van der Waals surface area contributed by atoms with Gasteiger partial charge in [0.05, 0.1) is 12.0 Å². The number of benzene rings is 2. The first-order chi connectivity index (χ1) is 14.0. The molecule has 1 aliphatic carbocycles. The summed E-state index contributed by atoms with van der Waals surface area (Å²) in [6.07, 6.45) is 1.96. The molecule has 0 radical (unpaired) electrons. The van der Waals surface area contributed by atoms with Crippen molar-refractivity contribution in [1.29, 1.82) is 0 Å². The van der Waals surface area contributed by atoms with E-state index in [1.54, 1.807) is 30.3 Å². The van der Waals surface area contributed by atoms with Crippen molar-refractivity contribution in [3.63, 3.8) is 0 Å². The van der Waals surface area contributed by atoms with E-state index in [9.17, 15) is 22.4 Å². The third-order valence-electron chi connectivity index (χ3n) is 3.91. The first kappa shape index (κ1) is 22.1. The molecule has 1 aliphatic rings. The van der Waals surface area contributed by atoms with Gasteiger partial charge in [0.2, 0.25) is 5.91 Å². The van der Waals surface area contributed by atoms with Gasteiger partial charge in [0.25, 0.3) is 6.54 Å². The quantitative estimate of drug-likeness (QED) is 0.150. The fraction of sp³-hybridized carbons (Fsp3) is 0.250. The van der Waals surface area contributed by atoms with E-state index in [4.69, 9.17) is 9.63 Å². The summed E-state index contributed by atoms with van der Waals surface area (Å²) in [6.45, 7) is -0.476. The van der Waals surface area contributed by atoms with Crippen LogP contribution in [0.1, 0.15) is 24.0 Å². The second-order valence-corrected chi connectivity index (χ2v) is 6.20. The predicted octanol–water partition coefficient (Wildman–Crippen LogP) is 3.70. The van der Waals surface area contributed by atoms with Gasteiger partial charge in [-0.1, -0.05) is 35.5 Å². The van der Waals surface area contributed by atoms with Crippen molar-refractivity contribution in [1.82, 2.24) is 5.32 Å². The number of halogens is 4. The molecule has 2 aromatic rings. The smallest absolute Gasteiger partial charge is 0.289 e. The van der Waals surface area contributed by atoms with Crippen molar-refractivity contribution in [2.45, 2.75) is 19.3 Å². The van der Waals surface area contributed by atoms with Crippen molar-refractivity contribution in [3.05, 3.63) is 71.0 Å². The molecular formula is C20H18F4N2O3. The highest BCUT2D eigenvalue weighted by Gasteiger charge is 2.24. The van der Waals surface area contributed by atoms with Crippen molar-refractivity contribution in [3.8, 4) is 0 Å². The van der Waals surface area contributed by atoms with Crippen LogP contribution in [0.3, 0.4) is 0 Å². The van der Waals surface area contributed by atoms with Crippen LogP contribution in [-0.4, -0.2) is 24.9 Å². The molecule has 1 saturated carbocycles. The number of hydrogen-bond donors (Lipinski definition) is 1. The molecule has 0 aromatic heterocycles. The van der Waals surface area contributed by atoms with Crippen LogP contribution in [0, 0.1) is 23.4 Å². The third-order valence-corrected chi connectivity index (χ3v) is 3.91. The number of rotatable bonds is 6. The zero-order valence-electron chi connectivity index (χ0n) is 15.2. The Morgan fingerprint density at radius 1 is 1.10 bits per heavy atom. The van der Waals surface area contributed by atoms with Gasteiger partial charge in [-0.25, -0.2) is 13.2 Å².